The first-order valence-electron chi connectivity index (χ1n) is 7.34. The van der Waals surface area contributed by atoms with E-state index >= 15 is 0 Å². The minimum atomic E-state index is -0.981. The van der Waals surface area contributed by atoms with Crippen molar-refractivity contribution >= 4 is 5.91 Å². The molecule has 102 valence electrons. The predicted octanol–water partition coefficient (Wildman–Crippen LogP) is 2.22. The van der Waals surface area contributed by atoms with Crippen LogP contribution in [0.4, 0.5) is 0 Å². The van der Waals surface area contributed by atoms with E-state index in [9.17, 15) is 9.90 Å². The minimum absolute atomic E-state index is 0.131. The fraction of sp³-hybridized carbons (Fsp3) is 0.562. The maximum atomic E-state index is 12.2. The Morgan fingerprint density at radius 3 is 2.47 bits per heavy atom. The van der Waals surface area contributed by atoms with Crippen LogP contribution < -0.4 is 0 Å². The molecule has 1 amide bonds. The van der Waals surface area contributed by atoms with Crippen molar-refractivity contribution in [2.75, 3.05) is 13.1 Å². The highest BCUT2D eigenvalue weighted by Crippen LogP contribution is 2.26. The number of hydrogen-bond donors (Lipinski definition) is 1. The fourth-order valence-corrected chi connectivity index (χ4v) is 3.18. The molecule has 3 nitrogen and oxygen atoms in total. The predicted molar refractivity (Wildman–Crippen MR) is 73.9 cm³/mol. The Hall–Kier alpha value is -1.35. The van der Waals surface area contributed by atoms with Crippen LogP contribution in [0.15, 0.2) is 18.2 Å². The Morgan fingerprint density at radius 2 is 1.74 bits per heavy atom. The molecule has 0 spiro atoms. The molecule has 3 heteroatoms. The number of likely N-dealkylation sites (tertiary alicyclic amines) is 1. The second-order valence-electron chi connectivity index (χ2n) is 5.67. The van der Waals surface area contributed by atoms with Crippen molar-refractivity contribution in [3.8, 4) is 0 Å². The van der Waals surface area contributed by atoms with E-state index in [1.165, 1.54) is 24.0 Å². The van der Waals surface area contributed by atoms with E-state index in [-0.39, 0.29) is 5.91 Å². The second-order valence-corrected chi connectivity index (χ2v) is 5.67. The molecule has 0 bridgehead atoms. The molecule has 1 heterocycles. The summed E-state index contributed by atoms with van der Waals surface area (Å²) in [6.07, 6.45) is 5.81. The Kier molecular flexibility index (Phi) is 3.56. The Bertz CT molecular complexity index is 478. The zero-order valence-electron chi connectivity index (χ0n) is 11.3. The summed E-state index contributed by atoms with van der Waals surface area (Å²) >= 11 is 0. The van der Waals surface area contributed by atoms with Gasteiger partial charge >= 0.3 is 0 Å². The number of fused-ring (bicyclic) bond motifs is 1. The third-order valence-corrected chi connectivity index (χ3v) is 4.34. The number of nitrogens with zero attached hydrogens (tertiary/aromatic N) is 1. The van der Waals surface area contributed by atoms with E-state index in [1.807, 2.05) is 12.1 Å². The van der Waals surface area contributed by atoms with Crippen LogP contribution in [0.2, 0.25) is 0 Å². The molecule has 0 radical (unpaired) electrons. The number of hydrogen-bond acceptors (Lipinski definition) is 2. The molecular formula is C16H21NO2. The summed E-state index contributed by atoms with van der Waals surface area (Å²) in [4.78, 5) is 14.0. The van der Waals surface area contributed by atoms with Gasteiger partial charge in [0, 0.05) is 13.1 Å². The summed E-state index contributed by atoms with van der Waals surface area (Å²) in [6, 6.07) is 6.04. The highest BCUT2D eigenvalue weighted by Gasteiger charge is 2.26. The lowest BCUT2D eigenvalue weighted by Crippen LogP contribution is -2.32. The molecule has 1 aromatic carbocycles. The van der Waals surface area contributed by atoms with Crippen molar-refractivity contribution in [3.63, 3.8) is 0 Å². The van der Waals surface area contributed by atoms with Gasteiger partial charge in [0.15, 0.2) is 6.10 Å². The van der Waals surface area contributed by atoms with Crippen LogP contribution in [0.1, 0.15) is 48.5 Å². The number of carbonyl (C=O) groups excluding carboxylic acids is 1. The van der Waals surface area contributed by atoms with E-state index in [0.29, 0.717) is 0 Å². The molecule has 1 N–H and O–H groups in total. The first-order valence-corrected chi connectivity index (χ1v) is 7.34. The summed E-state index contributed by atoms with van der Waals surface area (Å²) in [7, 11) is 0. The minimum Gasteiger partial charge on any atom is -0.378 e. The zero-order chi connectivity index (χ0) is 13.2. The maximum Gasteiger partial charge on any atom is 0.256 e. The molecule has 1 saturated heterocycles. The number of benzene rings is 1. The summed E-state index contributed by atoms with van der Waals surface area (Å²) < 4.78 is 0. The average molecular weight is 259 g/mol. The normalized spacial score (nSPS) is 20.2. The van der Waals surface area contributed by atoms with E-state index in [1.54, 1.807) is 4.90 Å². The maximum absolute atomic E-state index is 12.2. The third kappa shape index (κ3) is 2.52. The number of aryl methyl sites for hydroxylation is 2. The SMILES string of the molecule is O=C(C(O)c1ccc2c(c1)CCCC2)N1CCCC1. The largest absolute Gasteiger partial charge is 0.378 e. The van der Waals surface area contributed by atoms with Gasteiger partial charge in [0.25, 0.3) is 5.91 Å². The van der Waals surface area contributed by atoms with Crippen LogP contribution in [0.3, 0.4) is 0 Å². The monoisotopic (exact) mass is 259 g/mol. The average Bonchev–Trinajstić information content (AvgIpc) is 2.99. The summed E-state index contributed by atoms with van der Waals surface area (Å²) in [5.41, 5.74) is 3.46. The van der Waals surface area contributed by atoms with Gasteiger partial charge in [-0.1, -0.05) is 18.2 Å². The Balaban J connectivity index is 1.79. The first kappa shape index (κ1) is 12.7. The van der Waals surface area contributed by atoms with E-state index in [2.05, 4.69) is 6.07 Å². The molecule has 1 aliphatic carbocycles. The molecule has 0 saturated carbocycles. The standard InChI is InChI=1S/C16H21NO2/c18-15(16(19)17-9-3-4-10-17)14-8-7-12-5-1-2-6-13(12)11-14/h7-8,11,15,18H,1-6,9-10H2. The van der Waals surface area contributed by atoms with Crippen molar-refractivity contribution in [2.45, 2.75) is 44.6 Å². The molecular weight excluding hydrogens is 238 g/mol. The molecule has 2 aliphatic rings. The van der Waals surface area contributed by atoms with Crippen molar-refractivity contribution in [1.82, 2.24) is 4.90 Å². The molecule has 3 rings (SSSR count). The lowest BCUT2D eigenvalue weighted by molar-refractivity contribution is -0.139. The van der Waals surface area contributed by atoms with Crippen LogP contribution in [0, 0.1) is 0 Å². The number of aliphatic hydroxyl groups is 1. The van der Waals surface area contributed by atoms with Gasteiger partial charge in [-0.2, -0.15) is 0 Å². The highest BCUT2D eigenvalue weighted by molar-refractivity contribution is 5.82. The van der Waals surface area contributed by atoms with Gasteiger partial charge in [-0.25, -0.2) is 0 Å². The van der Waals surface area contributed by atoms with Gasteiger partial charge in [-0.3, -0.25) is 4.79 Å². The Labute approximate surface area is 114 Å². The van der Waals surface area contributed by atoms with Gasteiger partial charge in [0.2, 0.25) is 0 Å². The summed E-state index contributed by atoms with van der Waals surface area (Å²) in [5.74, 6) is -0.131. The molecule has 1 aromatic rings. The van der Waals surface area contributed by atoms with Crippen LogP contribution >= 0.6 is 0 Å². The fourth-order valence-electron chi connectivity index (χ4n) is 3.18. The van der Waals surface area contributed by atoms with Gasteiger partial charge in [-0.05, 0) is 55.2 Å². The van der Waals surface area contributed by atoms with Crippen molar-refractivity contribution in [1.29, 1.82) is 0 Å². The van der Waals surface area contributed by atoms with Gasteiger partial charge in [0.05, 0.1) is 0 Å². The van der Waals surface area contributed by atoms with Crippen LogP contribution in [-0.2, 0) is 17.6 Å². The van der Waals surface area contributed by atoms with Crippen molar-refractivity contribution < 1.29 is 9.90 Å². The topological polar surface area (TPSA) is 40.5 Å². The van der Waals surface area contributed by atoms with Crippen molar-refractivity contribution in [2.24, 2.45) is 0 Å². The van der Waals surface area contributed by atoms with Gasteiger partial charge < -0.3 is 10.0 Å². The van der Waals surface area contributed by atoms with E-state index in [0.717, 1.165) is 44.3 Å². The first-order chi connectivity index (χ1) is 9.25. The quantitative estimate of drug-likeness (QED) is 0.884. The van der Waals surface area contributed by atoms with E-state index in [4.69, 9.17) is 0 Å². The van der Waals surface area contributed by atoms with Crippen LogP contribution in [0.5, 0.6) is 0 Å². The lowest BCUT2D eigenvalue weighted by Gasteiger charge is -2.22. The molecule has 1 aliphatic heterocycles. The molecule has 0 aromatic heterocycles. The van der Waals surface area contributed by atoms with Gasteiger partial charge in [-0.15, -0.1) is 0 Å². The third-order valence-electron chi connectivity index (χ3n) is 4.34. The highest BCUT2D eigenvalue weighted by atomic mass is 16.3. The number of aliphatic hydroxyl groups excluding tert-OH is 1. The number of rotatable bonds is 2. The van der Waals surface area contributed by atoms with E-state index < -0.39 is 6.10 Å². The number of amides is 1. The van der Waals surface area contributed by atoms with Crippen LogP contribution in [-0.4, -0.2) is 29.0 Å². The van der Waals surface area contributed by atoms with Gasteiger partial charge in [0.1, 0.15) is 0 Å². The number of carbonyl (C=O) groups is 1. The Morgan fingerprint density at radius 1 is 1.05 bits per heavy atom. The molecule has 1 atom stereocenters. The lowest BCUT2D eigenvalue weighted by atomic mass is 9.89. The molecule has 1 fully saturated rings. The zero-order valence-corrected chi connectivity index (χ0v) is 11.3. The summed E-state index contributed by atoms with van der Waals surface area (Å²) in [5, 5.41) is 10.3. The van der Waals surface area contributed by atoms with Crippen molar-refractivity contribution in [3.05, 3.63) is 34.9 Å². The summed E-state index contributed by atoms with van der Waals surface area (Å²) in [6.45, 7) is 1.58. The molecule has 1 unspecified atom stereocenters. The second kappa shape index (κ2) is 5.33. The van der Waals surface area contributed by atoms with Crippen LogP contribution in [0.25, 0.3) is 0 Å². The molecule has 19 heavy (non-hydrogen) atoms. The smallest absolute Gasteiger partial charge is 0.256 e.